The molecule has 0 atom stereocenters. The first-order valence-corrected chi connectivity index (χ1v) is 6.36. The minimum absolute atomic E-state index is 0.0479. The molecular formula is C14H12FN3O2S. The molecule has 3 N–H and O–H groups in total. The highest BCUT2D eigenvalue weighted by Gasteiger charge is 2.10. The van der Waals surface area contributed by atoms with Gasteiger partial charge in [-0.2, -0.15) is 0 Å². The molecule has 0 aliphatic carbocycles. The molecule has 0 unspecified atom stereocenters. The van der Waals surface area contributed by atoms with Crippen LogP contribution in [0.5, 0.6) is 0 Å². The number of hydrogen-bond acceptors (Lipinski definition) is 3. The molecule has 0 saturated heterocycles. The molecule has 0 saturated carbocycles. The molecule has 0 bridgehead atoms. The number of benzene rings is 1. The number of nitrogens with zero attached hydrogens (tertiary/aromatic N) is 1. The Labute approximate surface area is 125 Å². The van der Waals surface area contributed by atoms with Crippen molar-refractivity contribution in [3.63, 3.8) is 0 Å². The number of halogens is 1. The maximum absolute atomic E-state index is 13.5. The Morgan fingerprint density at radius 3 is 2.67 bits per heavy atom. The summed E-state index contributed by atoms with van der Waals surface area (Å²) in [5, 5.41) is 2.56. The van der Waals surface area contributed by atoms with E-state index in [2.05, 4.69) is 5.32 Å². The van der Waals surface area contributed by atoms with Gasteiger partial charge in [-0.3, -0.25) is 9.59 Å². The predicted molar refractivity (Wildman–Crippen MR) is 81.9 cm³/mol. The molecule has 21 heavy (non-hydrogen) atoms. The van der Waals surface area contributed by atoms with Gasteiger partial charge < -0.3 is 15.6 Å². The van der Waals surface area contributed by atoms with Gasteiger partial charge in [-0.1, -0.05) is 12.2 Å². The van der Waals surface area contributed by atoms with Crippen molar-refractivity contribution in [3.05, 3.63) is 63.8 Å². The summed E-state index contributed by atoms with van der Waals surface area (Å²) in [5.41, 5.74) is 5.69. The maximum Gasteiger partial charge on any atom is 0.255 e. The van der Waals surface area contributed by atoms with Crippen molar-refractivity contribution >= 4 is 28.8 Å². The second-order valence-corrected chi connectivity index (χ2v) is 4.82. The van der Waals surface area contributed by atoms with Gasteiger partial charge in [-0.25, -0.2) is 4.39 Å². The number of thiocarbonyl (C=S) groups is 1. The fourth-order valence-corrected chi connectivity index (χ4v) is 1.84. The zero-order chi connectivity index (χ0) is 15.6. The van der Waals surface area contributed by atoms with Crippen molar-refractivity contribution in [1.82, 2.24) is 4.57 Å². The van der Waals surface area contributed by atoms with Gasteiger partial charge in [-0.05, 0) is 24.3 Å². The van der Waals surface area contributed by atoms with Crippen LogP contribution in [0.4, 0.5) is 10.1 Å². The topological polar surface area (TPSA) is 77.1 Å². The maximum atomic E-state index is 13.5. The molecule has 1 aromatic carbocycles. The van der Waals surface area contributed by atoms with Crippen LogP contribution in [0.1, 0.15) is 15.9 Å². The summed E-state index contributed by atoms with van der Waals surface area (Å²) in [6, 6.07) is 6.61. The summed E-state index contributed by atoms with van der Waals surface area (Å²) in [4.78, 5) is 23.4. The Morgan fingerprint density at radius 1 is 1.33 bits per heavy atom. The van der Waals surface area contributed by atoms with Crippen molar-refractivity contribution in [2.75, 3.05) is 5.32 Å². The van der Waals surface area contributed by atoms with E-state index < -0.39 is 11.7 Å². The lowest BCUT2D eigenvalue weighted by molar-refractivity contribution is 0.102. The molecule has 5 nitrogen and oxygen atoms in total. The van der Waals surface area contributed by atoms with E-state index in [-0.39, 0.29) is 21.7 Å². The number of aryl methyl sites for hydroxylation is 1. The van der Waals surface area contributed by atoms with Crippen LogP contribution in [-0.2, 0) is 7.05 Å². The highest BCUT2D eigenvalue weighted by atomic mass is 32.1. The number of nitrogens with one attached hydrogen (secondary N) is 1. The average molecular weight is 305 g/mol. The summed E-state index contributed by atoms with van der Waals surface area (Å²) in [7, 11) is 1.58. The van der Waals surface area contributed by atoms with Gasteiger partial charge in [0.25, 0.3) is 11.5 Å². The van der Waals surface area contributed by atoms with Crippen molar-refractivity contribution < 1.29 is 9.18 Å². The van der Waals surface area contributed by atoms with Crippen LogP contribution in [0.25, 0.3) is 0 Å². The second kappa shape index (κ2) is 5.84. The van der Waals surface area contributed by atoms with Gasteiger partial charge in [0.05, 0.1) is 0 Å². The number of aromatic nitrogens is 1. The lowest BCUT2D eigenvalue weighted by Crippen LogP contribution is -2.20. The Kier molecular flexibility index (Phi) is 4.13. The number of carbonyl (C=O) groups is 1. The smallest absolute Gasteiger partial charge is 0.255 e. The second-order valence-electron chi connectivity index (χ2n) is 4.38. The Bertz CT molecular complexity index is 786. The average Bonchev–Trinajstić information content (AvgIpc) is 2.43. The number of rotatable bonds is 3. The van der Waals surface area contributed by atoms with Gasteiger partial charge in [0.15, 0.2) is 0 Å². The number of amides is 1. The fraction of sp³-hybridized carbons (Fsp3) is 0.0714. The van der Waals surface area contributed by atoms with Gasteiger partial charge >= 0.3 is 0 Å². The monoisotopic (exact) mass is 305 g/mol. The van der Waals surface area contributed by atoms with E-state index in [1.165, 1.54) is 35.0 Å². The van der Waals surface area contributed by atoms with Crippen LogP contribution in [0.2, 0.25) is 0 Å². The van der Waals surface area contributed by atoms with E-state index in [1.54, 1.807) is 7.05 Å². The molecule has 2 aromatic rings. The standard InChI is InChI=1S/C14H12FN3O2S/c1-18-5-4-8(6-12(18)19)14(20)17-9-2-3-11(15)10(7-9)13(16)21/h2-7H,1H3,(H2,16,21)(H,17,20). The molecule has 1 aromatic heterocycles. The molecule has 1 heterocycles. The molecule has 0 fully saturated rings. The number of hydrogen-bond donors (Lipinski definition) is 2. The summed E-state index contributed by atoms with van der Waals surface area (Å²) in [6.45, 7) is 0. The fourth-order valence-electron chi connectivity index (χ4n) is 1.68. The third kappa shape index (κ3) is 3.32. The van der Waals surface area contributed by atoms with E-state index in [4.69, 9.17) is 18.0 Å². The molecule has 0 spiro atoms. The van der Waals surface area contributed by atoms with Crippen molar-refractivity contribution in [2.45, 2.75) is 0 Å². The van der Waals surface area contributed by atoms with E-state index in [1.807, 2.05) is 0 Å². The summed E-state index contributed by atoms with van der Waals surface area (Å²) >= 11 is 4.73. The molecule has 2 rings (SSSR count). The molecule has 108 valence electrons. The number of nitrogens with two attached hydrogens (primary N) is 1. The zero-order valence-corrected chi connectivity index (χ0v) is 11.9. The van der Waals surface area contributed by atoms with Crippen molar-refractivity contribution in [1.29, 1.82) is 0 Å². The normalized spacial score (nSPS) is 10.2. The summed E-state index contributed by atoms with van der Waals surface area (Å²) in [5.74, 6) is -1.04. The largest absolute Gasteiger partial charge is 0.389 e. The van der Waals surface area contributed by atoms with Gasteiger partial charge in [-0.15, -0.1) is 0 Å². The quantitative estimate of drug-likeness (QED) is 0.841. The molecule has 0 aliphatic heterocycles. The Balaban J connectivity index is 2.27. The van der Waals surface area contributed by atoms with Gasteiger partial charge in [0.2, 0.25) is 0 Å². The van der Waals surface area contributed by atoms with E-state index in [9.17, 15) is 14.0 Å². The van der Waals surface area contributed by atoms with E-state index >= 15 is 0 Å². The number of pyridine rings is 1. The molecule has 0 aliphatic rings. The molecular weight excluding hydrogens is 293 g/mol. The third-order valence-corrected chi connectivity index (χ3v) is 3.08. The third-order valence-electron chi connectivity index (χ3n) is 2.86. The first-order chi connectivity index (χ1) is 9.88. The first kappa shape index (κ1) is 14.9. The SMILES string of the molecule is Cn1ccc(C(=O)Nc2ccc(F)c(C(N)=S)c2)cc1=O. The zero-order valence-electron chi connectivity index (χ0n) is 11.1. The summed E-state index contributed by atoms with van der Waals surface area (Å²) in [6.07, 6.45) is 1.49. The van der Waals surface area contributed by atoms with Crippen molar-refractivity contribution in [3.8, 4) is 0 Å². The first-order valence-electron chi connectivity index (χ1n) is 5.96. The Hall–Kier alpha value is -2.54. The van der Waals surface area contributed by atoms with Crippen LogP contribution < -0.4 is 16.6 Å². The molecule has 0 radical (unpaired) electrons. The van der Waals surface area contributed by atoms with Crippen LogP contribution in [0, 0.1) is 5.82 Å². The number of anilines is 1. The lowest BCUT2D eigenvalue weighted by Gasteiger charge is -2.08. The highest BCUT2D eigenvalue weighted by molar-refractivity contribution is 7.80. The van der Waals surface area contributed by atoms with Crippen LogP contribution in [0.3, 0.4) is 0 Å². The van der Waals surface area contributed by atoms with Crippen LogP contribution in [-0.4, -0.2) is 15.5 Å². The lowest BCUT2D eigenvalue weighted by atomic mass is 10.1. The van der Waals surface area contributed by atoms with E-state index in [0.717, 1.165) is 6.07 Å². The predicted octanol–water partition coefficient (Wildman–Crippen LogP) is 1.41. The van der Waals surface area contributed by atoms with Crippen LogP contribution in [0.15, 0.2) is 41.3 Å². The highest BCUT2D eigenvalue weighted by Crippen LogP contribution is 2.15. The van der Waals surface area contributed by atoms with Crippen molar-refractivity contribution in [2.24, 2.45) is 12.8 Å². The minimum Gasteiger partial charge on any atom is -0.389 e. The minimum atomic E-state index is -0.561. The molecule has 7 heteroatoms. The van der Waals surface area contributed by atoms with Gasteiger partial charge in [0, 0.05) is 36.1 Å². The number of carbonyl (C=O) groups excluding carboxylic acids is 1. The van der Waals surface area contributed by atoms with Gasteiger partial charge in [0.1, 0.15) is 10.8 Å². The molecule has 1 amide bonds. The van der Waals surface area contributed by atoms with E-state index in [0.29, 0.717) is 5.69 Å². The Morgan fingerprint density at radius 2 is 2.05 bits per heavy atom. The summed E-state index contributed by atoms with van der Waals surface area (Å²) < 4.78 is 14.8. The van der Waals surface area contributed by atoms with Crippen LogP contribution >= 0.6 is 12.2 Å².